The van der Waals surface area contributed by atoms with Gasteiger partial charge in [0.05, 0.1) is 12.2 Å². The molecular formula is C12H16N4O. The third kappa shape index (κ3) is 2.62. The van der Waals surface area contributed by atoms with E-state index < -0.39 is 0 Å². The first-order chi connectivity index (χ1) is 8.20. The summed E-state index contributed by atoms with van der Waals surface area (Å²) in [6, 6.07) is 3.91. The molecule has 0 spiro atoms. The highest BCUT2D eigenvalue weighted by Gasteiger charge is 2.10. The molecule has 0 atom stereocenters. The maximum atomic E-state index is 5.63. The molecule has 2 heterocycles. The first-order valence-corrected chi connectivity index (χ1v) is 5.47. The van der Waals surface area contributed by atoms with Gasteiger partial charge in [-0.3, -0.25) is 4.98 Å². The first-order valence-electron chi connectivity index (χ1n) is 5.47. The van der Waals surface area contributed by atoms with Crippen molar-refractivity contribution >= 4 is 5.82 Å². The zero-order valence-corrected chi connectivity index (χ0v) is 10.1. The van der Waals surface area contributed by atoms with Gasteiger partial charge >= 0.3 is 0 Å². The van der Waals surface area contributed by atoms with Crippen molar-refractivity contribution in [3.05, 3.63) is 41.7 Å². The Morgan fingerprint density at radius 2 is 2.06 bits per heavy atom. The molecule has 2 aromatic rings. The number of nitrogens with zero attached hydrogens (tertiary/aromatic N) is 3. The zero-order chi connectivity index (χ0) is 12.3. The minimum atomic E-state index is 0.380. The van der Waals surface area contributed by atoms with E-state index in [1.54, 1.807) is 12.4 Å². The Bertz CT molecular complexity index is 495. The van der Waals surface area contributed by atoms with Gasteiger partial charge in [0.2, 0.25) is 0 Å². The highest BCUT2D eigenvalue weighted by molar-refractivity contribution is 5.42. The lowest BCUT2D eigenvalue weighted by molar-refractivity contribution is 0.481. The Hall–Kier alpha value is -1.88. The Morgan fingerprint density at radius 3 is 2.71 bits per heavy atom. The molecule has 0 bridgehead atoms. The quantitative estimate of drug-likeness (QED) is 0.864. The van der Waals surface area contributed by atoms with E-state index in [1.807, 2.05) is 31.0 Å². The molecule has 0 fully saturated rings. The Morgan fingerprint density at radius 1 is 1.29 bits per heavy atom. The van der Waals surface area contributed by atoms with E-state index in [2.05, 4.69) is 9.97 Å². The minimum absolute atomic E-state index is 0.380. The minimum Gasteiger partial charge on any atom is -0.464 e. The third-order valence-corrected chi connectivity index (χ3v) is 2.50. The van der Waals surface area contributed by atoms with Gasteiger partial charge in [0.15, 0.2) is 5.82 Å². The third-order valence-electron chi connectivity index (χ3n) is 2.50. The second-order valence-electron chi connectivity index (χ2n) is 3.90. The lowest BCUT2D eigenvalue weighted by Crippen LogP contribution is -2.20. The largest absolute Gasteiger partial charge is 0.464 e. The van der Waals surface area contributed by atoms with Crippen molar-refractivity contribution in [3.63, 3.8) is 0 Å². The van der Waals surface area contributed by atoms with Crippen LogP contribution in [0, 0.1) is 6.92 Å². The summed E-state index contributed by atoms with van der Waals surface area (Å²) in [6.45, 7) is 2.96. The molecule has 0 aliphatic carbocycles. The second kappa shape index (κ2) is 4.97. The predicted molar refractivity (Wildman–Crippen MR) is 65.5 cm³/mol. The van der Waals surface area contributed by atoms with E-state index in [9.17, 15) is 0 Å². The summed E-state index contributed by atoms with van der Waals surface area (Å²) in [5, 5.41) is 0. The van der Waals surface area contributed by atoms with Crippen molar-refractivity contribution in [1.29, 1.82) is 0 Å². The van der Waals surface area contributed by atoms with E-state index in [0.29, 0.717) is 13.1 Å². The van der Waals surface area contributed by atoms with E-state index in [0.717, 1.165) is 23.0 Å². The molecule has 5 heteroatoms. The Kier molecular flexibility index (Phi) is 3.39. The average Bonchev–Trinajstić information content (AvgIpc) is 2.74. The van der Waals surface area contributed by atoms with Gasteiger partial charge in [-0.2, -0.15) is 0 Å². The Balaban J connectivity index is 2.16. The van der Waals surface area contributed by atoms with Crippen molar-refractivity contribution in [2.45, 2.75) is 20.0 Å². The van der Waals surface area contributed by atoms with E-state index >= 15 is 0 Å². The molecule has 0 radical (unpaired) electrons. The molecule has 0 amide bonds. The van der Waals surface area contributed by atoms with Crippen LogP contribution in [0.15, 0.2) is 28.9 Å². The van der Waals surface area contributed by atoms with Crippen molar-refractivity contribution in [2.75, 3.05) is 11.9 Å². The van der Waals surface area contributed by atoms with Gasteiger partial charge in [0.1, 0.15) is 11.5 Å². The van der Waals surface area contributed by atoms with Crippen LogP contribution in [0.2, 0.25) is 0 Å². The number of anilines is 1. The number of nitrogens with two attached hydrogens (primary N) is 1. The maximum absolute atomic E-state index is 5.63. The van der Waals surface area contributed by atoms with Crippen LogP contribution in [0.25, 0.3) is 0 Å². The molecular weight excluding hydrogens is 216 g/mol. The summed E-state index contributed by atoms with van der Waals surface area (Å²) < 4.78 is 5.53. The summed E-state index contributed by atoms with van der Waals surface area (Å²) >= 11 is 0. The molecule has 5 nitrogen and oxygen atoms in total. The fraction of sp³-hybridized carbons (Fsp3) is 0.333. The molecule has 90 valence electrons. The van der Waals surface area contributed by atoms with Crippen LogP contribution in [0.1, 0.15) is 17.2 Å². The number of aryl methyl sites for hydroxylation is 1. The van der Waals surface area contributed by atoms with Gasteiger partial charge in [-0.15, -0.1) is 0 Å². The SMILES string of the molecule is Cc1ccc(CN(C)c2nccnc2CN)o1. The van der Waals surface area contributed by atoms with Gasteiger partial charge in [0.25, 0.3) is 0 Å². The summed E-state index contributed by atoms with van der Waals surface area (Å²) in [6.07, 6.45) is 3.31. The monoisotopic (exact) mass is 232 g/mol. The number of rotatable bonds is 4. The molecule has 0 aromatic carbocycles. The standard InChI is InChI=1S/C12H16N4O/c1-9-3-4-10(17-9)8-16(2)12-11(7-13)14-5-6-15-12/h3-6H,7-8,13H2,1-2H3. The summed E-state index contributed by atoms with van der Waals surface area (Å²) in [5.41, 5.74) is 6.42. The maximum Gasteiger partial charge on any atom is 0.151 e. The van der Waals surface area contributed by atoms with E-state index in [4.69, 9.17) is 10.2 Å². The number of hydrogen-bond acceptors (Lipinski definition) is 5. The normalized spacial score (nSPS) is 10.5. The second-order valence-corrected chi connectivity index (χ2v) is 3.90. The summed E-state index contributed by atoms with van der Waals surface area (Å²) in [5.74, 6) is 2.61. The molecule has 0 saturated carbocycles. The van der Waals surface area contributed by atoms with Crippen LogP contribution in [-0.4, -0.2) is 17.0 Å². The van der Waals surface area contributed by atoms with Crippen molar-refractivity contribution in [2.24, 2.45) is 5.73 Å². The summed E-state index contributed by atoms with van der Waals surface area (Å²) in [4.78, 5) is 10.5. The van der Waals surface area contributed by atoms with E-state index in [-0.39, 0.29) is 0 Å². The first kappa shape index (κ1) is 11.6. The number of furan rings is 1. The van der Waals surface area contributed by atoms with Crippen LogP contribution in [0.3, 0.4) is 0 Å². The van der Waals surface area contributed by atoms with Gasteiger partial charge in [-0.1, -0.05) is 0 Å². The molecule has 2 rings (SSSR count). The molecule has 0 unspecified atom stereocenters. The fourth-order valence-electron chi connectivity index (χ4n) is 1.70. The van der Waals surface area contributed by atoms with Crippen molar-refractivity contribution in [1.82, 2.24) is 9.97 Å². The molecule has 2 aromatic heterocycles. The molecule has 2 N–H and O–H groups in total. The van der Waals surface area contributed by atoms with Gasteiger partial charge < -0.3 is 15.1 Å². The summed E-state index contributed by atoms with van der Waals surface area (Å²) in [7, 11) is 1.95. The smallest absolute Gasteiger partial charge is 0.151 e. The van der Waals surface area contributed by atoms with Gasteiger partial charge in [-0.05, 0) is 19.1 Å². The topological polar surface area (TPSA) is 68.2 Å². The average molecular weight is 232 g/mol. The van der Waals surface area contributed by atoms with Gasteiger partial charge in [-0.25, -0.2) is 4.98 Å². The highest BCUT2D eigenvalue weighted by Crippen LogP contribution is 2.16. The van der Waals surface area contributed by atoms with Crippen LogP contribution >= 0.6 is 0 Å². The van der Waals surface area contributed by atoms with Crippen LogP contribution < -0.4 is 10.6 Å². The fourth-order valence-corrected chi connectivity index (χ4v) is 1.70. The lowest BCUT2D eigenvalue weighted by Gasteiger charge is -2.18. The van der Waals surface area contributed by atoms with Crippen molar-refractivity contribution in [3.8, 4) is 0 Å². The molecule has 0 aliphatic rings. The highest BCUT2D eigenvalue weighted by atomic mass is 16.3. The Labute approximate surface area is 100 Å². The number of aromatic nitrogens is 2. The van der Waals surface area contributed by atoms with Crippen LogP contribution in [-0.2, 0) is 13.1 Å². The van der Waals surface area contributed by atoms with Crippen molar-refractivity contribution < 1.29 is 4.42 Å². The van der Waals surface area contributed by atoms with Crippen LogP contribution in [0.4, 0.5) is 5.82 Å². The number of hydrogen-bond donors (Lipinski definition) is 1. The molecule has 17 heavy (non-hydrogen) atoms. The predicted octanol–water partition coefficient (Wildman–Crippen LogP) is 1.47. The zero-order valence-electron chi connectivity index (χ0n) is 10.1. The van der Waals surface area contributed by atoms with Gasteiger partial charge in [0, 0.05) is 26.0 Å². The van der Waals surface area contributed by atoms with E-state index in [1.165, 1.54) is 0 Å². The molecule has 0 saturated heterocycles. The van der Waals surface area contributed by atoms with Crippen LogP contribution in [0.5, 0.6) is 0 Å². The molecule has 0 aliphatic heterocycles. The lowest BCUT2D eigenvalue weighted by atomic mass is 10.3.